The Bertz CT molecular complexity index is 230. The van der Waals surface area contributed by atoms with Gasteiger partial charge in [-0.05, 0) is 43.9 Å². The van der Waals surface area contributed by atoms with E-state index in [-0.39, 0.29) is 18.8 Å². The average molecular weight is 266 g/mol. The van der Waals surface area contributed by atoms with Crippen molar-refractivity contribution in [2.45, 2.75) is 71.1 Å². The SMILES string of the molecule is CC(C)CCCC(O)C1CCC(C(F)(F)F)CC1. The third-order valence-corrected chi connectivity index (χ3v) is 4.06. The van der Waals surface area contributed by atoms with Crippen LogP contribution in [0.15, 0.2) is 0 Å². The van der Waals surface area contributed by atoms with Crippen LogP contribution in [0.3, 0.4) is 0 Å². The number of hydrogen-bond donors (Lipinski definition) is 1. The topological polar surface area (TPSA) is 20.2 Å². The molecule has 4 heteroatoms. The highest BCUT2D eigenvalue weighted by Crippen LogP contribution is 2.40. The molecular weight excluding hydrogens is 241 g/mol. The monoisotopic (exact) mass is 266 g/mol. The first kappa shape index (κ1) is 15.8. The average Bonchev–Trinajstić information content (AvgIpc) is 2.27. The van der Waals surface area contributed by atoms with E-state index in [2.05, 4.69) is 13.8 Å². The van der Waals surface area contributed by atoms with Crippen LogP contribution in [0.2, 0.25) is 0 Å². The van der Waals surface area contributed by atoms with Crippen LogP contribution in [0.5, 0.6) is 0 Å². The number of halogens is 3. The molecule has 0 aromatic rings. The van der Waals surface area contributed by atoms with Crippen LogP contribution < -0.4 is 0 Å². The molecule has 1 aliphatic rings. The molecule has 1 N–H and O–H groups in total. The van der Waals surface area contributed by atoms with E-state index < -0.39 is 18.2 Å². The van der Waals surface area contributed by atoms with Gasteiger partial charge in [0, 0.05) is 0 Å². The molecule has 1 aliphatic carbocycles. The summed E-state index contributed by atoms with van der Waals surface area (Å²) in [5.41, 5.74) is 0. The van der Waals surface area contributed by atoms with Crippen molar-refractivity contribution in [3.8, 4) is 0 Å². The van der Waals surface area contributed by atoms with E-state index in [0.717, 1.165) is 19.3 Å². The minimum Gasteiger partial charge on any atom is -0.393 e. The second-order valence-electron chi connectivity index (χ2n) is 6.05. The Kier molecular flexibility index (Phi) is 5.96. The lowest BCUT2D eigenvalue weighted by molar-refractivity contribution is -0.185. The summed E-state index contributed by atoms with van der Waals surface area (Å²) in [4.78, 5) is 0. The highest BCUT2D eigenvalue weighted by Gasteiger charge is 2.42. The van der Waals surface area contributed by atoms with E-state index >= 15 is 0 Å². The molecule has 0 aliphatic heterocycles. The summed E-state index contributed by atoms with van der Waals surface area (Å²) in [7, 11) is 0. The van der Waals surface area contributed by atoms with Gasteiger partial charge >= 0.3 is 6.18 Å². The second kappa shape index (κ2) is 6.78. The van der Waals surface area contributed by atoms with Crippen molar-refractivity contribution in [3.63, 3.8) is 0 Å². The first-order valence-corrected chi connectivity index (χ1v) is 7.05. The third-order valence-electron chi connectivity index (χ3n) is 4.06. The fourth-order valence-corrected chi connectivity index (χ4v) is 2.80. The molecule has 1 unspecified atom stereocenters. The summed E-state index contributed by atoms with van der Waals surface area (Å²) in [6.07, 6.45) is -0.247. The molecule has 0 spiro atoms. The standard InChI is InChI=1S/C14H25F3O/c1-10(2)4-3-5-13(18)11-6-8-12(9-7-11)14(15,16)17/h10-13,18H,3-9H2,1-2H3. The van der Waals surface area contributed by atoms with E-state index in [1.165, 1.54) is 0 Å². The molecule has 0 aromatic heterocycles. The molecule has 108 valence electrons. The number of aliphatic hydroxyl groups is 1. The molecule has 1 atom stereocenters. The molecule has 0 bridgehead atoms. The summed E-state index contributed by atoms with van der Waals surface area (Å²) in [5, 5.41) is 9.99. The lowest BCUT2D eigenvalue weighted by Crippen LogP contribution is -2.32. The summed E-state index contributed by atoms with van der Waals surface area (Å²) < 4.78 is 37.5. The van der Waals surface area contributed by atoms with Crippen molar-refractivity contribution in [2.24, 2.45) is 17.8 Å². The van der Waals surface area contributed by atoms with Gasteiger partial charge in [0.15, 0.2) is 0 Å². The summed E-state index contributed by atoms with van der Waals surface area (Å²) >= 11 is 0. The molecule has 1 saturated carbocycles. The van der Waals surface area contributed by atoms with Gasteiger partial charge in [-0.2, -0.15) is 13.2 Å². The second-order valence-corrected chi connectivity index (χ2v) is 6.05. The van der Waals surface area contributed by atoms with Crippen LogP contribution in [-0.2, 0) is 0 Å². The number of rotatable bonds is 5. The van der Waals surface area contributed by atoms with E-state index in [1.807, 2.05) is 0 Å². The zero-order valence-corrected chi connectivity index (χ0v) is 11.3. The first-order chi connectivity index (χ1) is 8.30. The fraction of sp³-hybridized carbons (Fsp3) is 1.00. The van der Waals surface area contributed by atoms with E-state index in [4.69, 9.17) is 0 Å². The maximum Gasteiger partial charge on any atom is 0.391 e. The predicted molar refractivity (Wildman–Crippen MR) is 66.2 cm³/mol. The Morgan fingerprint density at radius 2 is 1.61 bits per heavy atom. The van der Waals surface area contributed by atoms with Crippen molar-refractivity contribution in [3.05, 3.63) is 0 Å². The van der Waals surface area contributed by atoms with Gasteiger partial charge in [-0.25, -0.2) is 0 Å². The van der Waals surface area contributed by atoms with Crippen molar-refractivity contribution < 1.29 is 18.3 Å². The highest BCUT2D eigenvalue weighted by atomic mass is 19.4. The van der Waals surface area contributed by atoms with Crippen LogP contribution in [0.1, 0.15) is 58.8 Å². The van der Waals surface area contributed by atoms with Crippen LogP contribution in [0.4, 0.5) is 13.2 Å². The quantitative estimate of drug-likeness (QED) is 0.774. The molecule has 0 amide bonds. The number of hydrogen-bond acceptors (Lipinski definition) is 1. The Labute approximate surface area is 108 Å². The van der Waals surface area contributed by atoms with E-state index in [9.17, 15) is 18.3 Å². The smallest absolute Gasteiger partial charge is 0.391 e. The fourth-order valence-electron chi connectivity index (χ4n) is 2.80. The van der Waals surface area contributed by atoms with Crippen molar-refractivity contribution >= 4 is 0 Å². The van der Waals surface area contributed by atoms with Crippen LogP contribution in [0, 0.1) is 17.8 Å². The van der Waals surface area contributed by atoms with E-state index in [1.54, 1.807) is 0 Å². The van der Waals surface area contributed by atoms with Gasteiger partial charge in [0.2, 0.25) is 0 Å². The molecule has 0 saturated heterocycles. The largest absolute Gasteiger partial charge is 0.393 e. The van der Waals surface area contributed by atoms with Gasteiger partial charge in [0.05, 0.1) is 12.0 Å². The van der Waals surface area contributed by atoms with Crippen molar-refractivity contribution in [1.82, 2.24) is 0 Å². The molecule has 18 heavy (non-hydrogen) atoms. The molecule has 0 radical (unpaired) electrons. The zero-order chi connectivity index (χ0) is 13.8. The van der Waals surface area contributed by atoms with Gasteiger partial charge in [0.25, 0.3) is 0 Å². The van der Waals surface area contributed by atoms with Crippen LogP contribution >= 0.6 is 0 Å². The molecule has 0 aromatic carbocycles. The minimum atomic E-state index is -4.05. The lowest BCUT2D eigenvalue weighted by atomic mass is 9.78. The maximum atomic E-state index is 12.5. The van der Waals surface area contributed by atoms with Gasteiger partial charge in [-0.1, -0.05) is 26.7 Å². The minimum absolute atomic E-state index is 0.0794. The maximum absolute atomic E-state index is 12.5. The molecule has 1 rings (SSSR count). The van der Waals surface area contributed by atoms with Crippen molar-refractivity contribution in [2.75, 3.05) is 0 Å². The Hall–Kier alpha value is -0.250. The zero-order valence-electron chi connectivity index (χ0n) is 11.3. The summed E-state index contributed by atoms with van der Waals surface area (Å²) in [6, 6.07) is 0. The van der Waals surface area contributed by atoms with Gasteiger partial charge in [-0.3, -0.25) is 0 Å². The molecule has 1 fully saturated rings. The van der Waals surface area contributed by atoms with Crippen LogP contribution in [-0.4, -0.2) is 17.4 Å². The Morgan fingerprint density at radius 1 is 1.06 bits per heavy atom. The Morgan fingerprint density at radius 3 is 2.06 bits per heavy atom. The van der Waals surface area contributed by atoms with Gasteiger partial charge in [-0.15, -0.1) is 0 Å². The molecule has 0 heterocycles. The third kappa shape index (κ3) is 5.17. The van der Waals surface area contributed by atoms with E-state index in [0.29, 0.717) is 18.8 Å². The lowest BCUT2D eigenvalue weighted by Gasteiger charge is -2.32. The highest BCUT2D eigenvalue weighted by molar-refractivity contribution is 4.80. The summed E-state index contributed by atoms with van der Waals surface area (Å²) in [6.45, 7) is 4.28. The number of alkyl halides is 3. The normalized spacial score (nSPS) is 27.5. The summed E-state index contributed by atoms with van der Waals surface area (Å²) in [5.74, 6) is -0.439. The van der Waals surface area contributed by atoms with Crippen molar-refractivity contribution in [1.29, 1.82) is 0 Å². The van der Waals surface area contributed by atoms with Crippen LogP contribution in [0.25, 0.3) is 0 Å². The Balaban J connectivity index is 2.25. The molecular formula is C14H25F3O. The van der Waals surface area contributed by atoms with Gasteiger partial charge < -0.3 is 5.11 Å². The van der Waals surface area contributed by atoms with Gasteiger partial charge in [0.1, 0.15) is 0 Å². The first-order valence-electron chi connectivity index (χ1n) is 7.05. The molecule has 1 nitrogen and oxygen atoms in total. The predicted octanol–water partition coefficient (Wildman–Crippen LogP) is 4.54. The number of aliphatic hydroxyl groups excluding tert-OH is 1.